The zero-order valence-corrected chi connectivity index (χ0v) is 14.5. The third-order valence-corrected chi connectivity index (χ3v) is 5.28. The first kappa shape index (κ1) is 16.1. The normalized spacial score (nSPS) is 18.0. The molecule has 3 rings (SSSR count). The standard InChI is InChI=1S/C17H21N3O2S/c1-4-20-9-13(8-16(20)21)17-18-15(19-22-17)10-23-14-7-11(2)5-6-12(14)3/h5-7,13H,4,8-10H2,1-3H3/t13-/m0/s1. The molecule has 1 amide bonds. The number of likely N-dealkylation sites (tertiary alicyclic amines) is 1. The van der Waals surface area contributed by atoms with E-state index in [1.54, 1.807) is 11.8 Å². The van der Waals surface area contributed by atoms with Crippen LogP contribution in [0.25, 0.3) is 0 Å². The van der Waals surface area contributed by atoms with Gasteiger partial charge in [-0.2, -0.15) is 4.98 Å². The second kappa shape index (κ2) is 6.74. The largest absolute Gasteiger partial charge is 0.342 e. The van der Waals surface area contributed by atoms with E-state index in [0.29, 0.717) is 30.4 Å². The van der Waals surface area contributed by atoms with E-state index < -0.39 is 0 Å². The first-order chi connectivity index (χ1) is 11.1. The molecule has 1 aromatic heterocycles. The summed E-state index contributed by atoms with van der Waals surface area (Å²) in [6, 6.07) is 6.42. The quantitative estimate of drug-likeness (QED) is 0.787. The predicted octanol–water partition coefficient (Wildman–Crippen LogP) is 3.31. The number of benzene rings is 1. The molecule has 1 aliphatic heterocycles. The van der Waals surface area contributed by atoms with E-state index in [0.717, 1.165) is 6.54 Å². The molecule has 0 radical (unpaired) electrons. The number of carbonyl (C=O) groups excluding carboxylic acids is 1. The first-order valence-corrected chi connectivity index (χ1v) is 8.85. The van der Waals surface area contributed by atoms with Gasteiger partial charge in [-0.15, -0.1) is 11.8 Å². The van der Waals surface area contributed by atoms with Crippen LogP contribution < -0.4 is 0 Å². The van der Waals surface area contributed by atoms with Crippen LogP contribution in [-0.2, 0) is 10.5 Å². The van der Waals surface area contributed by atoms with Crippen molar-refractivity contribution in [2.75, 3.05) is 13.1 Å². The molecule has 5 nitrogen and oxygen atoms in total. The Hall–Kier alpha value is -1.82. The predicted molar refractivity (Wildman–Crippen MR) is 89.4 cm³/mol. The van der Waals surface area contributed by atoms with Crippen LogP contribution in [0.2, 0.25) is 0 Å². The Morgan fingerprint density at radius 1 is 1.39 bits per heavy atom. The fraction of sp³-hybridized carbons (Fsp3) is 0.471. The molecule has 2 heterocycles. The van der Waals surface area contributed by atoms with Crippen molar-refractivity contribution in [1.82, 2.24) is 15.0 Å². The molecule has 23 heavy (non-hydrogen) atoms. The molecule has 0 bridgehead atoms. The highest BCUT2D eigenvalue weighted by Crippen LogP contribution is 2.29. The molecule has 1 fully saturated rings. The minimum atomic E-state index is 0.0365. The Morgan fingerprint density at radius 3 is 2.96 bits per heavy atom. The fourth-order valence-corrected chi connectivity index (χ4v) is 3.71. The molecule has 0 aliphatic carbocycles. The SMILES string of the molecule is CCN1C[C@@H](c2nc(CSc3cc(C)ccc3C)no2)CC1=O. The number of aryl methyl sites for hydroxylation is 2. The molecule has 1 atom stereocenters. The number of hydrogen-bond donors (Lipinski definition) is 0. The molecule has 6 heteroatoms. The fourth-order valence-electron chi connectivity index (χ4n) is 2.74. The van der Waals surface area contributed by atoms with Crippen LogP contribution in [0.4, 0.5) is 0 Å². The molecule has 0 saturated carbocycles. The Balaban J connectivity index is 1.64. The summed E-state index contributed by atoms with van der Waals surface area (Å²) in [5, 5.41) is 4.07. The van der Waals surface area contributed by atoms with E-state index in [1.807, 2.05) is 11.8 Å². The number of rotatable bonds is 5. The van der Waals surface area contributed by atoms with Gasteiger partial charge in [0.2, 0.25) is 11.8 Å². The minimum absolute atomic E-state index is 0.0365. The Morgan fingerprint density at radius 2 is 2.22 bits per heavy atom. The zero-order chi connectivity index (χ0) is 16.4. The van der Waals surface area contributed by atoms with Crippen LogP contribution in [0, 0.1) is 13.8 Å². The lowest BCUT2D eigenvalue weighted by Gasteiger charge is -2.11. The van der Waals surface area contributed by atoms with Gasteiger partial charge in [-0.05, 0) is 32.4 Å². The van der Waals surface area contributed by atoms with Gasteiger partial charge in [-0.1, -0.05) is 22.9 Å². The van der Waals surface area contributed by atoms with E-state index in [9.17, 15) is 4.79 Å². The zero-order valence-electron chi connectivity index (χ0n) is 13.7. The first-order valence-electron chi connectivity index (χ1n) is 7.87. The molecular weight excluding hydrogens is 310 g/mol. The lowest BCUT2D eigenvalue weighted by molar-refractivity contribution is -0.127. The van der Waals surface area contributed by atoms with Crippen molar-refractivity contribution >= 4 is 17.7 Å². The van der Waals surface area contributed by atoms with Gasteiger partial charge < -0.3 is 9.42 Å². The summed E-state index contributed by atoms with van der Waals surface area (Å²) in [7, 11) is 0. The maximum Gasteiger partial charge on any atom is 0.232 e. The molecular formula is C17H21N3O2S. The highest BCUT2D eigenvalue weighted by molar-refractivity contribution is 7.98. The molecule has 122 valence electrons. The second-order valence-electron chi connectivity index (χ2n) is 5.94. The summed E-state index contributed by atoms with van der Waals surface area (Å²) in [6.45, 7) is 7.60. The summed E-state index contributed by atoms with van der Waals surface area (Å²) in [4.78, 5) is 19.4. The van der Waals surface area contributed by atoms with Crippen LogP contribution in [0.15, 0.2) is 27.6 Å². The number of carbonyl (C=O) groups is 1. The third kappa shape index (κ3) is 3.58. The average Bonchev–Trinajstić information content (AvgIpc) is 3.14. The van der Waals surface area contributed by atoms with Gasteiger partial charge in [-0.3, -0.25) is 4.79 Å². The molecule has 2 aromatic rings. The molecule has 0 spiro atoms. The summed E-state index contributed by atoms with van der Waals surface area (Å²) in [5.41, 5.74) is 2.50. The Labute approximate surface area is 140 Å². The number of likely N-dealkylation sites (N-methyl/N-ethyl adjacent to an activating group) is 1. The molecule has 1 aliphatic rings. The van der Waals surface area contributed by atoms with E-state index in [1.165, 1.54) is 16.0 Å². The van der Waals surface area contributed by atoms with Gasteiger partial charge in [0.15, 0.2) is 5.82 Å². The van der Waals surface area contributed by atoms with E-state index >= 15 is 0 Å². The van der Waals surface area contributed by atoms with Crippen LogP contribution in [0.3, 0.4) is 0 Å². The van der Waals surface area contributed by atoms with Crippen molar-refractivity contribution in [2.24, 2.45) is 0 Å². The van der Waals surface area contributed by atoms with Gasteiger partial charge in [0.25, 0.3) is 0 Å². The summed E-state index contributed by atoms with van der Waals surface area (Å²) in [6.07, 6.45) is 0.472. The molecule has 0 N–H and O–H groups in total. The smallest absolute Gasteiger partial charge is 0.232 e. The van der Waals surface area contributed by atoms with Crippen molar-refractivity contribution in [2.45, 2.75) is 43.8 Å². The molecule has 1 aromatic carbocycles. The summed E-state index contributed by atoms with van der Waals surface area (Å²) in [5.74, 6) is 2.15. The van der Waals surface area contributed by atoms with Crippen molar-refractivity contribution in [3.63, 3.8) is 0 Å². The number of aromatic nitrogens is 2. The van der Waals surface area contributed by atoms with Gasteiger partial charge in [0.1, 0.15) is 0 Å². The van der Waals surface area contributed by atoms with Crippen molar-refractivity contribution in [1.29, 1.82) is 0 Å². The maximum absolute atomic E-state index is 11.8. The van der Waals surface area contributed by atoms with E-state index in [-0.39, 0.29) is 11.8 Å². The van der Waals surface area contributed by atoms with Gasteiger partial charge >= 0.3 is 0 Å². The maximum atomic E-state index is 11.8. The number of nitrogens with zero attached hydrogens (tertiary/aromatic N) is 3. The average molecular weight is 331 g/mol. The lowest BCUT2D eigenvalue weighted by Crippen LogP contribution is -2.24. The molecule has 1 saturated heterocycles. The van der Waals surface area contributed by atoms with Crippen molar-refractivity contribution < 1.29 is 9.32 Å². The lowest BCUT2D eigenvalue weighted by atomic mass is 10.1. The van der Waals surface area contributed by atoms with Gasteiger partial charge in [-0.25, -0.2) is 0 Å². The summed E-state index contributed by atoms with van der Waals surface area (Å²) >= 11 is 1.71. The van der Waals surface area contributed by atoms with Gasteiger partial charge in [0, 0.05) is 24.4 Å². The Kier molecular flexibility index (Phi) is 4.71. The third-order valence-electron chi connectivity index (χ3n) is 4.13. The van der Waals surface area contributed by atoms with E-state index in [2.05, 4.69) is 42.2 Å². The van der Waals surface area contributed by atoms with Crippen LogP contribution in [0.5, 0.6) is 0 Å². The van der Waals surface area contributed by atoms with Crippen LogP contribution in [-0.4, -0.2) is 34.0 Å². The molecule has 0 unspecified atom stereocenters. The Bertz CT molecular complexity index is 714. The van der Waals surface area contributed by atoms with Crippen molar-refractivity contribution in [3.8, 4) is 0 Å². The van der Waals surface area contributed by atoms with Gasteiger partial charge in [0.05, 0.1) is 11.7 Å². The highest BCUT2D eigenvalue weighted by atomic mass is 32.2. The summed E-state index contributed by atoms with van der Waals surface area (Å²) < 4.78 is 5.38. The second-order valence-corrected chi connectivity index (χ2v) is 6.96. The van der Waals surface area contributed by atoms with E-state index in [4.69, 9.17) is 4.52 Å². The van der Waals surface area contributed by atoms with Crippen LogP contribution in [0.1, 0.15) is 42.1 Å². The number of amides is 1. The monoisotopic (exact) mass is 331 g/mol. The van der Waals surface area contributed by atoms with Crippen LogP contribution >= 0.6 is 11.8 Å². The topological polar surface area (TPSA) is 59.2 Å². The minimum Gasteiger partial charge on any atom is -0.342 e. The van der Waals surface area contributed by atoms with Crippen molar-refractivity contribution in [3.05, 3.63) is 41.0 Å². The number of thioether (sulfide) groups is 1. The number of hydrogen-bond acceptors (Lipinski definition) is 5. The highest BCUT2D eigenvalue weighted by Gasteiger charge is 2.33.